The highest BCUT2D eigenvalue weighted by Crippen LogP contribution is 2.39. The van der Waals surface area contributed by atoms with Crippen molar-refractivity contribution in [2.45, 2.75) is 103 Å². The van der Waals surface area contributed by atoms with Crippen LogP contribution >= 0.6 is 0 Å². The standard InChI is InChI=1S/C43H49F9O3/c1-2-11-28-14-16-29(17-15-28)32-19-23-37(42(50)39(32)47)55-27-53-24-9-6-8-13-30(38(46)43(51)52)12-7-4-3-5-10-25-54-36-22-20-33(40(48)41(36)49)31-18-21-34(44)35(45)26-31/h2,11,18-23,26,28-30H,3-10,12-17,24-25,27H2,1H3/b11-2+. The summed E-state index contributed by atoms with van der Waals surface area (Å²) in [6, 6.07) is 8.18. The summed E-state index contributed by atoms with van der Waals surface area (Å²) >= 11 is 0. The molecule has 0 N–H and O–H groups in total. The Morgan fingerprint density at radius 2 is 1.27 bits per heavy atom. The van der Waals surface area contributed by atoms with Crippen LogP contribution in [0.15, 0.2) is 66.5 Å². The molecular weight excluding hydrogens is 735 g/mol. The number of ether oxygens (including phenoxy) is 3. The number of allylic oxidation sites excluding steroid dienone is 3. The zero-order valence-corrected chi connectivity index (χ0v) is 31.1. The molecule has 12 heteroatoms. The predicted molar refractivity (Wildman–Crippen MR) is 195 cm³/mol. The molecule has 0 radical (unpaired) electrons. The van der Waals surface area contributed by atoms with Gasteiger partial charge in [-0.2, -0.15) is 17.6 Å². The van der Waals surface area contributed by atoms with Crippen LogP contribution in [0, 0.1) is 46.7 Å². The average molecular weight is 785 g/mol. The van der Waals surface area contributed by atoms with E-state index in [0.717, 1.165) is 43.9 Å². The van der Waals surface area contributed by atoms with E-state index in [-0.39, 0.29) is 61.4 Å². The van der Waals surface area contributed by atoms with E-state index in [1.54, 1.807) is 6.07 Å². The van der Waals surface area contributed by atoms with E-state index in [2.05, 4.69) is 6.08 Å². The van der Waals surface area contributed by atoms with Crippen molar-refractivity contribution in [1.82, 2.24) is 0 Å². The van der Waals surface area contributed by atoms with Crippen molar-refractivity contribution in [3.8, 4) is 22.6 Å². The molecule has 0 spiro atoms. The summed E-state index contributed by atoms with van der Waals surface area (Å²) in [5, 5.41) is 0. The summed E-state index contributed by atoms with van der Waals surface area (Å²) in [5.74, 6) is -9.11. The second kappa shape index (κ2) is 22.6. The van der Waals surface area contributed by atoms with Crippen LogP contribution in [0.2, 0.25) is 0 Å². The topological polar surface area (TPSA) is 27.7 Å². The Kier molecular flexibility index (Phi) is 18.0. The lowest BCUT2D eigenvalue weighted by molar-refractivity contribution is 0.0109. The molecule has 0 aromatic heterocycles. The normalized spacial score (nSPS) is 16.4. The summed E-state index contributed by atoms with van der Waals surface area (Å²) in [7, 11) is 0. The molecule has 3 aromatic carbocycles. The predicted octanol–water partition coefficient (Wildman–Crippen LogP) is 14.1. The maximum atomic E-state index is 14.9. The molecule has 1 saturated carbocycles. The van der Waals surface area contributed by atoms with Crippen LogP contribution in [0.5, 0.6) is 11.5 Å². The van der Waals surface area contributed by atoms with Gasteiger partial charge >= 0.3 is 6.08 Å². The molecule has 0 aliphatic heterocycles. The van der Waals surface area contributed by atoms with Crippen LogP contribution in [0.4, 0.5) is 39.5 Å². The van der Waals surface area contributed by atoms with E-state index < -0.39 is 52.7 Å². The highest BCUT2D eigenvalue weighted by molar-refractivity contribution is 5.65. The van der Waals surface area contributed by atoms with Gasteiger partial charge in [-0.25, -0.2) is 22.0 Å². The van der Waals surface area contributed by atoms with Crippen LogP contribution in [0.1, 0.15) is 108 Å². The lowest BCUT2D eigenvalue weighted by Gasteiger charge is -2.27. The lowest BCUT2D eigenvalue weighted by atomic mass is 9.78. The molecule has 55 heavy (non-hydrogen) atoms. The number of hydrogen-bond acceptors (Lipinski definition) is 3. The van der Waals surface area contributed by atoms with Crippen LogP contribution in [0.25, 0.3) is 11.1 Å². The Morgan fingerprint density at radius 1 is 0.655 bits per heavy atom. The smallest absolute Gasteiger partial charge is 0.301 e. The first-order valence-corrected chi connectivity index (χ1v) is 19.1. The summed E-state index contributed by atoms with van der Waals surface area (Å²) in [6.45, 7) is 2.02. The molecule has 1 aliphatic carbocycles. The van der Waals surface area contributed by atoms with Gasteiger partial charge in [0.15, 0.2) is 47.4 Å². The molecule has 0 bridgehead atoms. The van der Waals surface area contributed by atoms with Gasteiger partial charge in [0.05, 0.1) is 13.2 Å². The third-order valence-corrected chi connectivity index (χ3v) is 10.2. The maximum absolute atomic E-state index is 14.9. The number of halogens is 9. The minimum absolute atomic E-state index is 0.0228. The molecule has 1 unspecified atom stereocenters. The molecule has 4 rings (SSSR count). The van der Waals surface area contributed by atoms with Gasteiger partial charge in [0.1, 0.15) is 0 Å². The van der Waals surface area contributed by atoms with Crippen LogP contribution in [-0.2, 0) is 4.74 Å². The minimum atomic E-state index is -2.32. The third-order valence-electron chi connectivity index (χ3n) is 10.2. The van der Waals surface area contributed by atoms with Gasteiger partial charge in [-0.05, 0) is 112 Å². The summed E-state index contributed by atoms with van der Waals surface area (Å²) in [5.41, 5.74) is 0.110. The van der Waals surface area contributed by atoms with Gasteiger partial charge in [0.25, 0.3) is 0 Å². The zero-order chi connectivity index (χ0) is 39.7. The number of unbranched alkanes of at least 4 members (excludes halogenated alkanes) is 6. The fourth-order valence-electron chi connectivity index (χ4n) is 7.09. The second-order valence-electron chi connectivity index (χ2n) is 14.0. The van der Waals surface area contributed by atoms with Crippen molar-refractivity contribution in [3.05, 3.63) is 107 Å². The summed E-state index contributed by atoms with van der Waals surface area (Å²) in [6.07, 6.45) is 10.5. The zero-order valence-electron chi connectivity index (χ0n) is 31.1. The van der Waals surface area contributed by atoms with Gasteiger partial charge in [0, 0.05) is 11.5 Å². The molecular formula is C43H49F9O3. The third kappa shape index (κ3) is 13.1. The van der Waals surface area contributed by atoms with Crippen LogP contribution < -0.4 is 9.47 Å². The van der Waals surface area contributed by atoms with E-state index in [0.29, 0.717) is 62.8 Å². The van der Waals surface area contributed by atoms with E-state index in [4.69, 9.17) is 14.2 Å². The van der Waals surface area contributed by atoms with E-state index >= 15 is 0 Å². The first-order valence-electron chi connectivity index (χ1n) is 19.1. The molecule has 1 aliphatic rings. The van der Waals surface area contributed by atoms with Gasteiger partial charge in [-0.15, -0.1) is 0 Å². The van der Waals surface area contributed by atoms with E-state index in [1.807, 2.05) is 13.0 Å². The first kappa shape index (κ1) is 43.8. The fourth-order valence-corrected chi connectivity index (χ4v) is 7.09. The van der Waals surface area contributed by atoms with E-state index in [9.17, 15) is 39.5 Å². The quantitative estimate of drug-likeness (QED) is 0.0440. The Morgan fingerprint density at radius 3 is 1.96 bits per heavy atom. The van der Waals surface area contributed by atoms with Crippen molar-refractivity contribution < 1.29 is 53.7 Å². The number of hydrogen-bond donors (Lipinski definition) is 0. The molecule has 1 fully saturated rings. The molecule has 0 saturated heterocycles. The minimum Gasteiger partial charge on any atom is -0.490 e. The van der Waals surface area contributed by atoms with Crippen LogP contribution in [-0.4, -0.2) is 20.0 Å². The van der Waals surface area contributed by atoms with Gasteiger partial charge in [0.2, 0.25) is 11.6 Å². The first-order chi connectivity index (χ1) is 26.5. The molecule has 302 valence electrons. The maximum Gasteiger partial charge on any atom is 0.301 e. The van der Waals surface area contributed by atoms with Gasteiger partial charge < -0.3 is 14.2 Å². The summed E-state index contributed by atoms with van der Waals surface area (Å²) in [4.78, 5) is 0. The van der Waals surface area contributed by atoms with Crippen molar-refractivity contribution in [3.63, 3.8) is 0 Å². The second-order valence-corrected chi connectivity index (χ2v) is 14.0. The Hall–Kier alpha value is -3.93. The molecule has 3 aromatic rings. The highest BCUT2D eigenvalue weighted by Gasteiger charge is 2.26. The SMILES string of the molecule is C/C=C/C1CCC(c2ccc(OCOCCCCCC(CCCCCCCOc3ccc(-c4ccc(F)c(F)c4)c(F)c3F)C(F)=C(F)F)c(F)c2F)CC1. The van der Waals surface area contributed by atoms with Gasteiger partial charge in [-0.1, -0.05) is 62.8 Å². The lowest BCUT2D eigenvalue weighted by Crippen LogP contribution is -2.14. The average Bonchev–Trinajstić information content (AvgIpc) is 3.17. The number of benzene rings is 3. The van der Waals surface area contributed by atoms with Crippen molar-refractivity contribution in [2.75, 3.05) is 20.0 Å². The van der Waals surface area contributed by atoms with Crippen molar-refractivity contribution in [2.24, 2.45) is 11.8 Å². The monoisotopic (exact) mass is 784 g/mol. The Bertz CT molecular complexity index is 1720. The Balaban J connectivity index is 1.07. The summed E-state index contributed by atoms with van der Waals surface area (Å²) < 4.78 is 142. The molecule has 0 heterocycles. The van der Waals surface area contributed by atoms with Crippen molar-refractivity contribution in [1.29, 1.82) is 0 Å². The van der Waals surface area contributed by atoms with Gasteiger partial charge in [-0.3, -0.25) is 0 Å². The molecule has 0 amide bonds. The molecule has 3 nitrogen and oxygen atoms in total. The largest absolute Gasteiger partial charge is 0.490 e. The number of rotatable bonds is 22. The van der Waals surface area contributed by atoms with Crippen LogP contribution in [0.3, 0.4) is 0 Å². The van der Waals surface area contributed by atoms with E-state index in [1.165, 1.54) is 18.2 Å². The Labute approximate surface area is 317 Å². The highest BCUT2D eigenvalue weighted by atomic mass is 19.3. The molecule has 1 atom stereocenters. The fraction of sp³-hybridized carbons (Fsp3) is 0.488. The van der Waals surface area contributed by atoms with Crippen molar-refractivity contribution >= 4 is 0 Å².